The summed E-state index contributed by atoms with van der Waals surface area (Å²) in [6, 6.07) is 14.6. The number of carboxylic acids is 1. The van der Waals surface area contributed by atoms with Gasteiger partial charge in [0.05, 0.1) is 17.5 Å². The fourth-order valence-corrected chi connectivity index (χ4v) is 2.74. The fourth-order valence-electron chi connectivity index (χ4n) is 1.96. The average molecular weight is 342 g/mol. The number of aromatic carboxylic acids is 1. The van der Waals surface area contributed by atoms with Crippen LogP contribution in [0.5, 0.6) is 0 Å². The van der Waals surface area contributed by atoms with Crippen molar-refractivity contribution in [2.45, 2.75) is 12.7 Å². The highest BCUT2D eigenvalue weighted by Gasteiger charge is 2.07. The summed E-state index contributed by atoms with van der Waals surface area (Å²) in [5, 5.41) is 12.9. The number of carbonyl (C=O) groups is 2. The molecule has 0 aliphatic rings. The zero-order valence-corrected chi connectivity index (χ0v) is 14.0. The maximum absolute atomic E-state index is 11.7. The van der Waals surface area contributed by atoms with Gasteiger partial charge in [0.1, 0.15) is 0 Å². The largest absolute Gasteiger partial charge is 0.478 e. The van der Waals surface area contributed by atoms with Crippen molar-refractivity contribution in [3.8, 4) is 0 Å². The highest BCUT2D eigenvalue weighted by atomic mass is 32.2. The lowest BCUT2D eigenvalue weighted by molar-refractivity contribution is -0.118. The zero-order valence-electron chi connectivity index (χ0n) is 13.2. The molecule has 0 saturated heterocycles. The average Bonchev–Trinajstić information content (AvgIpc) is 2.57. The van der Waals surface area contributed by atoms with E-state index >= 15 is 0 Å². The summed E-state index contributed by atoms with van der Waals surface area (Å²) in [5.74, 6) is -0.224. The Hall–Kier alpha value is -2.60. The van der Waals surface area contributed by atoms with Crippen molar-refractivity contribution < 1.29 is 14.7 Å². The SMILES string of the molecule is Cc1ccc(CSCC(=O)N/N=C\c2ccccc2C(=O)O)cc1. The molecule has 24 heavy (non-hydrogen) atoms. The Kier molecular flexibility index (Phi) is 6.57. The van der Waals surface area contributed by atoms with Gasteiger partial charge in [0.2, 0.25) is 5.91 Å². The number of carboxylic acid groups (broad SMARTS) is 1. The maximum atomic E-state index is 11.7. The third kappa shape index (κ3) is 5.55. The van der Waals surface area contributed by atoms with Crippen LogP contribution in [0.2, 0.25) is 0 Å². The van der Waals surface area contributed by atoms with Gasteiger partial charge in [0, 0.05) is 11.3 Å². The lowest BCUT2D eigenvalue weighted by atomic mass is 10.1. The van der Waals surface area contributed by atoms with E-state index in [4.69, 9.17) is 5.11 Å². The van der Waals surface area contributed by atoms with Gasteiger partial charge in [-0.3, -0.25) is 4.79 Å². The molecule has 2 aromatic rings. The van der Waals surface area contributed by atoms with Gasteiger partial charge < -0.3 is 5.11 Å². The Morgan fingerprint density at radius 3 is 2.58 bits per heavy atom. The van der Waals surface area contributed by atoms with E-state index in [2.05, 4.69) is 10.5 Å². The van der Waals surface area contributed by atoms with Gasteiger partial charge in [-0.2, -0.15) is 5.10 Å². The van der Waals surface area contributed by atoms with E-state index in [0.29, 0.717) is 5.56 Å². The van der Waals surface area contributed by atoms with E-state index in [0.717, 1.165) is 11.3 Å². The number of benzene rings is 2. The van der Waals surface area contributed by atoms with Crippen LogP contribution in [-0.4, -0.2) is 29.0 Å². The van der Waals surface area contributed by atoms with Crippen molar-refractivity contribution in [1.82, 2.24) is 5.43 Å². The molecule has 0 aliphatic carbocycles. The van der Waals surface area contributed by atoms with Gasteiger partial charge in [0.25, 0.3) is 0 Å². The predicted octanol–water partition coefficient (Wildman–Crippen LogP) is 3.08. The number of nitrogens with one attached hydrogen (secondary N) is 1. The van der Waals surface area contributed by atoms with Crippen LogP contribution in [0.15, 0.2) is 53.6 Å². The van der Waals surface area contributed by atoms with E-state index < -0.39 is 5.97 Å². The molecule has 0 aliphatic heterocycles. The fraction of sp³-hybridized carbons (Fsp3) is 0.167. The molecule has 0 unspecified atom stereocenters. The summed E-state index contributed by atoms with van der Waals surface area (Å²) >= 11 is 1.49. The molecule has 0 saturated carbocycles. The Labute approximate surface area is 144 Å². The third-order valence-corrected chi connectivity index (χ3v) is 4.21. The number of hydrazone groups is 1. The van der Waals surface area contributed by atoms with Gasteiger partial charge in [-0.15, -0.1) is 11.8 Å². The number of rotatable bonds is 7. The number of aryl methyl sites for hydroxylation is 1. The number of hydrogen-bond acceptors (Lipinski definition) is 4. The third-order valence-electron chi connectivity index (χ3n) is 3.21. The zero-order chi connectivity index (χ0) is 17.4. The van der Waals surface area contributed by atoms with Crippen molar-refractivity contribution in [3.63, 3.8) is 0 Å². The second-order valence-electron chi connectivity index (χ2n) is 5.16. The molecular formula is C18H18N2O3S. The van der Waals surface area contributed by atoms with Crippen LogP contribution in [-0.2, 0) is 10.5 Å². The molecular weight excluding hydrogens is 324 g/mol. The number of hydrogen-bond donors (Lipinski definition) is 2. The molecule has 0 aromatic heterocycles. The maximum Gasteiger partial charge on any atom is 0.336 e. The summed E-state index contributed by atoms with van der Waals surface area (Å²) < 4.78 is 0. The molecule has 2 aromatic carbocycles. The molecule has 124 valence electrons. The van der Waals surface area contributed by atoms with Crippen LogP contribution in [0.1, 0.15) is 27.0 Å². The highest BCUT2D eigenvalue weighted by molar-refractivity contribution is 7.99. The predicted molar refractivity (Wildman–Crippen MR) is 96.5 cm³/mol. The molecule has 2 N–H and O–H groups in total. The van der Waals surface area contributed by atoms with Crippen LogP contribution >= 0.6 is 11.8 Å². The van der Waals surface area contributed by atoms with E-state index in [-0.39, 0.29) is 17.2 Å². The summed E-state index contributed by atoms with van der Waals surface area (Å²) in [6.07, 6.45) is 1.34. The standard InChI is InChI=1S/C18H18N2O3S/c1-13-6-8-14(9-7-13)11-24-12-17(21)20-19-10-15-4-2-3-5-16(15)18(22)23/h2-10H,11-12H2,1H3,(H,20,21)(H,22,23)/b19-10-. The topological polar surface area (TPSA) is 78.8 Å². The van der Waals surface area contributed by atoms with E-state index in [1.807, 2.05) is 31.2 Å². The minimum absolute atomic E-state index is 0.143. The second kappa shape index (κ2) is 8.88. The first-order valence-corrected chi connectivity index (χ1v) is 8.49. The highest BCUT2D eigenvalue weighted by Crippen LogP contribution is 2.12. The molecule has 0 spiro atoms. The lowest BCUT2D eigenvalue weighted by Gasteiger charge is -2.03. The summed E-state index contributed by atoms with van der Waals surface area (Å²) in [5.41, 5.74) is 5.36. The van der Waals surface area contributed by atoms with Crippen molar-refractivity contribution in [2.75, 3.05) is 5.75 Å². The number of carbonyl (C=O) groups excluding carboxylic acids is 1. The summed E-state index contributed by atoms with van der Waals surface area (Å²) in [7, 11) is 0. The normalized spacial score (nSPS) is 10.7. The molecule has 0 heterocycles. The van der Waals surface area contributed by atoms with Crippen molar-refractivity contribution in [2.24, 2.45) is 5.10 Å². The Morgan fingerprint density at radius 2 is 1.88 bits per heavy atom. The minimum Gasteiger partial charge on any atom is -0.478 e. The van der Waals surface area contributed by atoms with Crippen molar-refractivity contribution in [3.05, 3.63) is 70.8 Å². The van der Waals surface area contributed by atoms with Gasteiger partial charge in [-0.1, -0.05) is 48.0 Å². The van der Waals surface area contributed by atoms with Crippen LogP contribution < -0.4 is 5.43 Å². The molecule has 6 heteroatoms. The van der Waals surface area contributed by atoms with Crippen LogP contribution in [0.25, 0.3) is 0 Å². The molecule has 0 bridgehead atoms. The molecule has 0 fully saturated rings. The van der Waals surface area contributed by atoms with E-state index in [1.54, 1.807) is 18.2 Å². The van der Waals surface area contributed by atoms with Gasteiger partial charge in [-0.05, 0) is 18.6 Å². The summed E-state index contributed by atoms with van der Waals surface area (Å²) in [4.78, 5) is 22.8. The second-order valence-corrected chi connectivity index (χ2v) is 6.15. The Balaban J connectivity index is 1.79. The Bertz CT molecular complexity index is 742. The molecule has 5 nitrogen and oxygen atoms in total. The Morgan fingerprint density at radius 1 is 1.17 bits per heavy atom. The quantitative estimate of drug-likeness (QED) is 0.599. The minimum atomic E-state index is -1.03. The van der Waals surface area contributed by atoms with Crippen molar-refractivity contribution in [1.29, 1.82) is 0 Å². The first-order chi connectivity index (χ1) is 11.6. The number of nitrogens with zero attached hydrogens (tertiary/aromatic N) is 1. The molecule has 1 amide bonds. The molecule has 2 rings (SSSR count). The monoisotopic (exact) mass is 342 g/mol. The first-order valence-electron chi connectivity index (χ1n) is 7.34. The lowest BCUT2D eigenvalue weighted by Crippen LogP contribution is -2.20. The van der Waals surface area contributed by atoms with Crippen LogP contribution in [0.4, 0.5) is 0 Å². The van der Waals surface area contributed by atoms with Crippen LogP contribution in [0.3, 0.4) is 0 Å². The first kappa shape index (κ1) is 17.7. The van der Waals surface area contributed by atoms with Crippen LogP contribution in [0, 0.1) is 6.92 Å². The van der Waals surface area contributed by atoms with E-state index in [1.165, 1.54) is 29.6 Å². The number of thioether (sulfide) groups is 1. The molecule has 0 radical (unpaired) electrons. The summed E-state index contributed by atoms with van der Waals surface area (Å²) in [6.45, 7) is 2.03. The number of amides is 1. The van der Waals surface area contributed by atoms with Gasteiger partial charge in [0.15, 0.2) is 0 Å². The van der Waals surface area contributed by atoms with E-state index in [9.17, 15) is 9.59 Å². The van der Waals surface area contributed by atoms with Crippen molar-refractivity contribution >= 4 is 29.9 Å². The van der Waals surface area contributed by atoms with Gasteiger partial charge in [-0.25, -0.2) is 10.2 Å². The van der Waals surface area contributed by atoms with Gasteiger partial charge >= 0.3 is 5.97 Å². The molecule has 0 atom stereocenters. The smallest absolute Gasteiger partial charge is 0.336 e.